The average Bonchev–Trinajstić information content (AvgIpc) is 3.43. The van der Waals surface area contributed by atoms with E-state index in [1.165, 1.54) is 18.2 Å². The molecular weight excluding hydrogens is 438 g/mol. The lowest BCUT2D eigenvalue weighted by Crippen LogP contribution is -2.41. The van der Waals surface area contributed by atoms with Gasteiger partial charge in [-0.1, -0.05) is 12.1 Å². The lowest BCUT2D eigenvalue weighted by molar-refractivity contribution is -0.153. The number of alkyl halides is 3. The highest BCUT2D eigenvalue weighted by atomic mass is 19.4. The topological polar surface area (TPSA) is 92.4 Å². The molecule has 7 nitrogen and oxygen atoms in total. The second-order valence-electron chi connectivity index (χ2n) is 7.22. The fourth-order valence-electron chi connectivity index (χ4n) is 3.90. The summed E-state index contributed by atoms with van der Waals surface area (Å²) in [6.07, 6.45) is -4.74. The molecular formula is C21H13F4NO6. The molecule has 2 aliphatic heterocycles. The molecule has 1 unspecified atom stereocenters. The molecule has 0 aliphatic carbocycles. The molecule has 3 aromatic rings. The Bertz CT molecular complexity index is 1250. The number of aliphatic hydroxyl groups is 1. The van der Waals surface area contributed by atoms with Crippen molar-refractivity contribution in [2.45, 2.75) is 18.3 Å². The zero-order chi connectivity index (χ0) is 22.8. The number of halogens is 4. The zero-order valence-electron chi connectivity index (χ0n) is 15.9. The summed E-state index contributed by atoms with van der Waals surface area (Å²) in [5.41, 5.74) is -3.38. The highest BCUT2D eigenvalue weighted by molar-refractivity contribution is 6.09. The number of furan rings is 1. The minimum atomic E-state index is -4.74. The predicted molar refractivity (Wildman–Crippen MR) is 98.5 cm³/mol. The number of aromatic hydroxyl groups is 1. The quantitative estimate of drug-likeness (QED) is 0.591. The molecule has 2 aliphatic rings. The van der Waals surface area contributed by atoms with Gasteiger partial charge < -0.3 is 24.1 Å². The fraction of sp³-hybridized carbons (Fsp3) is 0.190. The number of nitrogens with zero attached hydrogens (tertiary/aromatic N) is 1. The van der Waals surface area contributed by atoms with Crippen molar-refractivity contribution in [3.05, 3.63) is 70.9 Å². The minimum Gasteiger partial charge on any atom is -0.507 e. The molecule has 3 heterocycles. The molecule has 2 N–H and O–H groups in total. The van der Waals surface area contributed by atoms with Crippen LogP contribution in [0.4, 0.5) is 23.2 Å². The molecule has 32 heavy (non-hydrogen) atoms. The molecule has 2 aromatic carbocycles. The Kier molecular flexibility index (Phi) is 4.18. The van der Waals surface area contributed by atoms with Crippen molar-refractivity contribution in [2.75, 3.05) is 11.7 Å². The first-order chi connectivity index (χ1) is 15.1. The summed E-state index contributed by atoms with van der Waals surface area (Å²) in [5, 5.41) is 22.0. The Labute approximate surface area is 177 Å². The molecule has 1 amide bonds. The van der Waals surface area contributed by atoms with E-state index in [2.05, 4.69) is 0 Å². The number of phenols is 1. The van der Waals surface area contributed by atoms with Crippen LogP contribution in [0.25, 0.3) is 0 Å². The second-order valence-corrected chi connectivity index (χ2v) is 7.22. The van der Waals surface area contributed by atoms with Gasteiger partial charge in [-0.25, -0.2) is 4.39 Å². The Morgan fingerprint density at radius 1 is 1.06 bits per heavy atom. The summed E-state index contributed by atoms with van der Waals surface area (Å²) in [5.74, 6) is -3.72. The molecule has 0 bridgehead atoms. The van der Waals surface area contributed by atoms with Crippen LogP contribution in [0.15, 0.2) is 46.9 Å². The molecule has 0 fully saturated rings. The van der Waals surface area contributed by atoms with Crippen LogP contribution in [0, 0.1) is 5.82 Å². The van der Waals surface area contributed by atoms with Gasteiger partial charge in [-0.2, -0.15) is 13.2 Å². The Balaban J connectivity index is 1.62. The van der Waals surface area contributed by atoms with Crippen molar-refractivity contribution in [3.63, 3.8) is 0 Å². The van der Waals surface area contributed by atoms with Crippen molar-refractivity contribution in [1.29, 1.82) is 0 Å². The third-order valence-electron chi connectivity index (χ3n) is 5.34. The third kappa shape index (κ3) is 2.81. The van der Waals surface area contributed by atoms with Crippen molar-refractivity contribution in [3.8, 4) is 17.2 Å². The van der Waals surface area contributed by atoms with Crippen LogP contribution < -0.4 is 14.4 Å². The highest BCUT2D eigenvalue weighted by Crippen LogP contribution is 2.51. The minimum absolute atomic E-state index is 0.137. The number of fused-ring (bicyclic) bond motifs is 2. The van der Waals surface area contributed by atoms with E-state index < -0.39 is 41.6 Å². The van der Waals surface area contributed by atoms with Crippen LogP contribution in [-0.4, -0.2) is 22.9 Å². The van der Waals surface area contributed by atoms with Gasteiger partial charge in [0.05, 0.1) is 12.2 Å². The lowest BCUT2D eigenvalue weighted by atomic mass is 9.86. The van der Waals surface area contributed by atoms with E-state index in [1.54, 1.807) is 0 Å². The zero-order valence-corrected chi connectivity index (χ0v) is 15.9. The number of ether oxygens (including phenoxy) is 2. The molecule has 0 saturated carbocycles. The number of carbonyl (C=O) groups excluding carboxylic acids is 1. The van der Waals surface area contributed by atoms with Gasteiger partial charge in [-0.05, 0) is 24.3 Å². The van der Waals surface area contributed by atoms with Crippen LogP contribution in [0.2, 0.25) is 0 Å². The first kappa shape index (κ1) is 20.2. The van der Waals surface area contributed by atoms with Crippen molar-refractivity contribution in [1.82, 2.24) is 0 Å². The fourth-order valence-corrected chi connectivity index (χ4v) is 3.90. The number of anilines is 1. The first-order valence-corrected chi connectivity index (χ1v) is 9.23. The van der Waals surface area contributed by atoms with Gasteiger partial charge in [-0.3, -0.25) is 9.69 Å². The smallest absolute Gasteiger partial charge is 0.449 e. The van der Waals surface area contributed by atoms with Crippen LogP contribution in [-0.2, 0) is 23.1 Å². The maximum absolute atomic E-state index is 14.8. The second kappa shape index (κ2) is 6.63. The molecule has 1 aromatic heterocycles. The number of hydrogen-bond acceptors (Lipinski definition) is 6. The monoisotopic (exact) mass is 451 g/mol. The van der Waals surface area contributed by atoms with Crippen molar-refractivity contribution in [2.24, 2.45) is 0 Å². The van der Waals surface area contributed by atoms with Gasteiger partial charge in [0.2, 0.25) is 18.2 Å². The van der Waals surface area contributed by atoms with Gasteiger partial charge in [-0.15, -0.1) is 0 Å². The van der Waals surface area contributed by atoms with Gasteiger partial charge in [0.1, 0.15) is 17.3 Å². The Morgan fingerprint density at radius 3 is 2.47 bits per heavy atom. The molecule has 166 valence electrons. The Morgan fingerprint density at radius 2 is 1.78 bits per heavy atom. The van der Waals surface area contributed by atoms with Crippen LogP contribution in [0.5, 0.6) is 17.2 Å². The number of hydrogen-bond donors (Lipinski definition) is 2. The van der Waals surface area contributed by atoms with Crippen molar-refractivity contribution < 1.29 is 46.5 Å². The third-order valence-corrected chi connectivity index (χ3v) is 5.34. The van der Waals surface area contributed by atoms with Gasteiger partial charge in [0.25, 0.3) is 5.91 Å². The largest absolute Gasteiger partial charge is 0.507 e. The molecule has 1 atom stereocenters. The molecule has 0 saturated heterocycles. The summed E-state index contributed by atoms with van der Waals surface area (Å²) in [6.45, 7) is -0.724. The SMILES string of the molecule is O=C1N(Cc2ccc(C(F)(F)F)o2)c2c(F)cccc2C1(O)c1cc2c(cc1O)OCO2. The molecule has 5 rings (SSSR count). The van der Waals surface area contributed by atoms with Gasteiger partial charge in [0.15, 0.2) is 11.5 Å². The van der Waals surface area contributed by atoms with Crippen LogP contribution in [0.3, 0.4) is 0 Å². The first-order valence-electron chi connectivity index (χ1n) is 9.23. The van der Waals surface area contributed by atoms with E-state index in [9.17, 15) is 32.6 Å². The number of para-hydroxylation sites is 1. The van der Waals surface area contributed by atoms with Crippen molar-refractivity contribution >= 4 is 11.6 Å². The average molecular weight is 451 g/mol. The summed E-state index contributed by atoms with van der Waals surface area (Å²) in [6, 6.07) is 7.61. The molecule has 0 spiro atoms. The number of amides is 1. The van der Waals surface area contributed by atoms with E-state index in [-0.39, 0.29) is 40.9 Å². The van der Waals surface area contributed by atoms with Crippen LogP contribution in [0.1, 0.15) is 22.6 Å². The lowest BCUT2D eigenvalue weighted by Gasteiger charge is -2.24. The number of phenolic OH excluding ortho intramolecular Hbond substituents is 1. The van der Waals surface area contributed by atoms with E-state index in [0.717, 1.165) is 23.1 Å². The number of carbonyl (C=O) groups is 1. The predicted octanol–water partition coefficient (Wildman–Crippen LogP) is 3.65. The van der Waals surface area contributed by atoms with E-state index >= 15 is 0 Å². The summed E-state index contributed by atoms with van der Waals surface area (Å²) in [4.78, 5) is 14.1. The standard InChI is InChI=1S/C21H13F4NO6/c22-13-3-1-2-11-18(13)26(8-10-4-5-17(32-10)21(23,24)25)19(28)20(11,29)12-6-15-16(7-14(12)27)31-9-30-15/h1-7,27,29H,8-9H2. The normalized spacial score (nSPS) is 19.5. The summed E-state index contributed by atoms with van der Waals surface area (Å²) >= 11 is 0. The maximum atomic E-state index is 14.8. The van der Waals surface area contributed by atoms with Crippen LogP contribution >= 0.6 is 0 Å². The maximum Gasteiger partial charge on any atom is 0.449 e. The van der Waals surface area contributed by atoms with E-state index in [4.69, 9.17) is 13.9 Å². The molecule has 0 radical (unpaired) electrons. The molecule has 11 heteroatoms. The highest BCUT2D eigenvalue weighted by Gasteiger charge is 2.54. The Hall–Kier alpha value is -3.73. The number of benzene rings is 2. The van der Waals surface area contributed by atoms with E-state index in [0.29, 0.717) is 6.07 Å². The van der Waals surface area contributed by atoms with E-state index in [1.807, 2.05) is 0 Å². The van der Waals surface area contributed by atoms with Gasteiger partial charge in [0, 0.05) is 17.2 Å². The van der Waals surface area contributed by atoms with Gasteiger partial charge >= 0.3 is 6.18 Å². The summed E-state index contributed by atoms with van der Waals surface area (Å²) in [7, 11) is 0. The summed E-state index contributed by atoms with van der Waals surface area (Å²) < 4.78 is 68.5. The number of rotatable bonds is 3.